The molecule has 0 saturated heterocycles. The lowest BCUT2D eigenvalue weighted by Crippen LogP contribution is -2.36. The summed E-state index contributed by atoms with van der Waals surface area (Å²) in [6, 6.07) is 7.75. The third-order valence-electron chi connectivity index (χ3n) is 6.77. The number of benzene rings is 2. The molecule has 31 heavy (non-hydrogen) atoms. The number of hydrogen-bond donors (Lipinski definition) is 0. The molecule has 1 atom stereocenters. The highest BCUT2D eigenvalue weighted by molar-refractivity contribution is 5.94. The maximum atomic E-state index is 15.3. The van der Waals surface area contributed by atoms with E-state index in [0.717, 1.165) is 18.8 Å². The number of esters is 1. The van der Waals surface area contributed by atoms with Crippen molar-refractivity contribution < 1.29 is 23.0 Å². The molecule has 0 bridgehead atoms. The normalized spacial score (nSPS) is 23.2. The van der Waals surface area contributed by atoms with Gasteiger partial charge < -0.3 is 9.47 Å². The van der Waals surface area contributed by atoms with Gasteiger partial charge in [0.25, 0.3) is 0 Å². The number of cyclic esters (lactones) is 1. The average molecular weight is 429 g/mol. The second-order valence-electron chi connectivity index (χ2n) is 8.76. The molecular formula is C26H30F2O3. The van der Waals surface area contributed by atoms with Crippen molar-refractivity contribution in [2.75, 3.05) is 6.61 Å². The highest BCUT2D eigenvalue weighted by Gasteiger charge is 2.36. The number of rotatable bonds is 6. The number of carbonyl (C=O) groups excluding carboxylic acids is 1. The number of halogens is 2. The van der Waals surface area contributed by atoms with Gasteiger partial charge in [-0.3, -0.25) is 0 Å². The first kappa shape index (κ1) is 21.8. The average Bonchev–Trinajstić information content (AvgIpc) is 2.76. The largest absolute Gasteiger partial charge is 0.491 e. The molecule has 1 aliphatic heterocycles. The fraction of sp³-hybridized carbons (Fsp3) is 0.500. The van der Waals surface area contributed by atoms with Crippen molar-refractivity contribution in [2.45, 2.75) is 64.9 Å². The summed E-state index contributed by atoms with van der Waals surface area (Å²) >= 11 is 0. The van der Waals surface area contributed by atoms with Crippen LogP contribution in [0.2, 0.25) is 0 Å². The summed E-state index contributed by atoms with van der Waals surface area (Å²) in [7, 11) is 0. The summed E-state index contributed by atoms with van der Waals surface area (Å²) in [6.45, 7) is 4.33. The van der Waals surface area contributed by atoms with E-state index < -0.39 is 17.6 Å². The zero-order valence-corrected chi connectivity index (χ0v) is 18.3. The molecule has 3 nitrogen and oxygen atoms in total. The first-order valence-electron chi connectivity index (χ1n) is 11.5. The van der Waals surface area contributed by atoms with Gasteiger partial charge in [-0.15, -0.1) is 0 Å². The van der Waals surface area contributed by atoms with Crippen LogP contribution in [0.1, 0.15) is 68.3 Å². The fourth-order valence-electron chi connectivity index (χ4n) is 5.15. The molecular weight excluding hydrogens is 398 g/mol. The monoisotopic (exact) mass is 428 g/mol. The number of fused-ring (bicyclic) bond motifs is 1. The molecule has 1 aliphatic carbocycles. The first-order chi connectivity index (χ1) is 15.0. The Hall–Kier alpha value is -2.43. The summed E-state index contributed by atoms with van der Waals surface area (Å²) in [5, 5.41) is 0. The zero-order valence-electron chi connectivity index (χ0n) is 18.3. The molecule has 2 aromatic carbocycles. The van der Waals surface area contributed by atoms with Crippen molar-refractivity contribution in [1.82, 2.24) is 0 Å². The van der Waals surface area contributed by atoms with Gasteiger partial charge in [-0.1, -0.05) is 50.8 Å². The molecule has 1 saturated carbocycles. The predicted molar refractivity (Wildman–Crippen MR) is 116 cm³/mol. The van der Waals surface area contributed by atoms with Crippen LogP contribution in [-0.2, 0) is 11.2 Å². The van der Waals surface area contributed by atoms with E-state index in [4.69, 9.17) is 9.47 Å². The summed E-state index contributed by atoms with van der Waals surface area (Å²) in [4.78, 5) is 12.8. The third kappa shape index (κ3) is 4.46. The van der Waals surface area contributed by atoms with E-state index in [1.807, 2.05) is 0 Å². The number of ether oxygens (including phenoxy) is 2. The molecule has 1 unspecified atom stereocenters. The standard InChI is InChI=1S/C26H30F2O3/c1-3-5-16-6-8-17(9-7-16)23-15-19-10-12-20(25(28)24(19)26(29)31-23)18-11-13-22(30-4-2)21(27)14-18/h10-14,16-17,23H,3-9,15H2,1-2H3. The number of hydrogen-bond acceptors (Lipinski definition) is 3. The van der Waals surface area contributed by atoms with Crippen LogP contribution in [-0.4, -0.2) is 18.7 Å². The lowest BCUT2D eigenvalue weighted by atomic mass is 9.76. The maximum Gasteiger partial charge on any atom is 0.341 e. The molecule has 0 radical (unpaired) electrons. The molecule has 5 heteroatoms. The lowest BCUT2D eigenvalue weighted by molar-refractivity contribution is -0.000877. The van der Waals surface area contributed by atoms with Crippen LogP contribution in [0.15, 0.2) is 30.3 Å². The van der Waals surface area contributed by atoms with Gasteiger partial charge in [0.15, 0.2) is 11.6 Å². The van der Waals surface area contributed by atoms with Gasteiger partial charge in [-0.25, -0.2) is 13.6 Å². The first-order valence-corrected chi connectivity index (χ1v) is 11.5. The second-order valence-corrected chi connectivity index (χ2v) is 8.76. The minimum Gasteiger partial charge on any atom is -0.491 e. The Morgan fingerprint density at radius 3 is 2.52 bits per heavy atom. The van der Waals surface area contributed by atoms with Crippen molar-refractivity contribution in [2.24, 2.45) is 11.8 Å². The van der Waals surface area contributed by atoms with Crippen LogP contribution in [0, 0.1) is 23.5 Å². The molecule has 2 aliphatic rings. The van der Waals surface area contributed by atoms with Gasteiger partial charge >= 0.3 is 5.97 Å². The molecule has 0 aromatic heterocycles. The Bertz CT molecular complexity index is 948. The summed E-state index contributed by atoms with van der Waals surface area (Å²) in [6.07, 6.45) is 7.30. The minimum absolute atomic E-state index is 0.0114. The Kier molecular flexibility index (Phi) is 6.59. The van der Waals surface area contributed by atoms with Crippen molar-refractivity contribution >= 4 is 5.97 Å². The SMILES string of the molecule is CCCC1CCC(C2Cc3ccc(-c4ccc(OCC)c(F)c4)c(F)c3C(=O)O2)CC1. The Morgan fingerprint density at radius 1 is 1.06 bits per heavy atom. The van der Waals surface area contributed by atoms with E-state index in [2.05, 4.69) is 6.92 Å². The highest BCUT2D eigenvalue weighted by Crippen LogP contribution is 2.39. The Labute approximate surface area is 182 Å². The van der Waals surface area contributed by atoms with E-state index in [1.165, 1.54) is 37.8 Å². The number of carbonyl (C=O) groups is 1. The van der Waals surface area contributed by atoms with Crippen LogP contribution in [0.4, 0.5) is 8.78 Å². The summed E-state index contributed by atoms with van der Waals surface area (Å²) < 4.78 is 40.5. The van der Waals surface area contributed by atoms with Gasteiger partial charge in [0, 0.05) is 12.0 Å². The third-order valence-corrected chi connectivity index (χ3v) is 6.77. The summed E-state index contributed by atoms with van der Waals surface area (Å²) in [5.74, 6) is -0.558. The van der Waals surface area contributed by atoms with Crippen molar-refractivity contribution in [3.63, 3.8) is 0 Å². The molecule has 166 valence electrons. The molecule has 1 fully saturated rings. The van der Waals surface area contributed by atoms with Crippen molar-refractivity contribution in [3.8, 4) is 16.9 Å². The molecule has 0 amide bonds. The van der Waals surface area contributed by atoms with Gasteiger partial charge in [0.1, 0.15) is 11.9 Å². The van der Waals surface area contributed by atoms with Crippen LogP contribution in [0.3, 0.4) is 0 Å². The molecule has 4 rings (SSSR count). The second kappa shape index (κ2) is 9.37. The zero-order chi connectivity index (χ0) is 22.0. The lowest BCUT2D eigenvalue weighted by Gasteiger charge is -2.36. The molecule has 0 N–H and O–H groups in total. The van der Waals surface area contributed by atoms with E-state index in [-0.39, 0.29) is 23.0 Å². The topological polar surface area (TPSA) is 35.5 Å². The molecule has 0 spiro atoms. The van der Waals surface area contributed by atoms with Crippen molar-refractivity contribution in [1.29, 1.82) is 0 Å². The van der Waals surface area contributed by atoms with Crippen LogP contribution < -0.4 is 4.74 Å². The van der Waals surface area contributed by atoms with Crippen LogP contribution in [0.25, 0.3) is 11.1 Å². The quantitative estimate of drug-likeness (QED) is 0.479. The van der Waals surface area contributed by atoms with Gasteiger partial charge in [0.2, 0.25) is 0 Å². The highest BCUT2D eigenvalue weighted by atomic mass is 19.1. The minimum atomic E-state index is -0.642. The van der Waals surface area contributed by atoms with Gasteiger partial charge in [-0.2, -0.15) is 0 Å². The maximum absolute atomic E-state index is 15.3. The van der Waals surface area contributed by atoms with Crippen LogP contribution >= 0.6 is 0 Å². The molecule has 1 heterocycles. The van der Waals surface area contributed by atoms with Gasteiger partial charge in [-0.05, 0) is 54.9 Å². The van der Waals surface area contributed by atoms with E-state index >= 15 is 4.39 Å². The van der Waals surface area contributed by atoms with E-state index in [1.54, 1.807) is 25.1 Å². The van der Waals surface area contributed by atoms with Crippen molar-refractivity contribution in [3.05, 3.63) is 53.1 Å². The summed E-state index contributed by atoms with van der Waals surface area (Å²) in [5.41, 5.74) is 1.23. The van der Waals surface area contributed by atoms with E-state index in [0.29, 0.717) is 30.1 Å². The van der Waals surface area contributed by atoms with Crippen LogP contribution in [0.5, 0.6) is 5.75 Å². The predicted octanol–water partition coefficient (Wildman–Crippen LogP) is 6.72. The van der Waals surface area contributed by atoms with E-state index in [9.17, 15) is 9.18 Å². The Balaban J connectivity index is 1.54. The fourth-order valence-corrected chi connectivity index (χ4v) is 5.15. The Morgan fingerprint density at radius 2 is 1.84 bits per heavy atom. The molecule has 2 aromatic rings. The van der Waals surface area contributed by atoms with Gasteiger partial charge in [0.05, 0.1) is 12.2 Å². The smallest absolute Gasteiger partial charge is 0.341 e.